The molecule has 2 aromatic rings. The summed E-state index contributed by atoms with van der Waals surface area (Å²) in [5.74, 6) is 1.59. The standard InChI is InChI=1S/C12H11Cl2N3O/c13-8-4-3-7(5-9(8)14)10(15)11-16-12(18-17-11)6-1-2-6/h3-6,10H,1-2,15H2. The van der Waals surface area contributed by atoms with Gasteiger partial charge >= 0.3 is 0 Å². The third-order valence-electron chi connectivity index (χ3n) is 2.96. The maximum Gasteiger partial charge on any atom is 0.229 e. The van der Waals surface area contributed by atoms with Gasteiger partial charge in [0.2, 0.25) is 5.89 Å². The van der Waals surface area contributed by atoms with E-state index in [1.54, 1.807) is 12.1 Å². The van der Waals surface area contributed by atoms with Crippen LogP contribution in [-0.4, -0.2) is 10.1 Å². The van der Waals surface area contributed by atoms with Crippen LogP contribution >= 0.6 is 23.2 Å². The third kappa shape index (κ3) is 2.23. The van der Waals surface area contributed by atoms with Gasteiger partial charge in [-0.05, 0) is 30.5 Å². The second-order valence-corrected chi connectivity index (χ2v) is 5.23. The van der Waals surface area contributed by atoms with E-state index in [9.17, 15) is 0 Å². The predicted molar refractivity (Wildman–Crippen MR) is 68.8 cm³/mol. The fourth-order valence-corrected chi connectivity index (χ4v) is 2.03. The predicted octanol–water partition coefficient (Wildman–Crippen LogP) is 3.30. The topological polar surface area (TPSA) is 64.9 Å². The summed E-state index contributed by atoms with van der Waals surface area (Å²) in [5.41, 5.74) is 6.89. The van der Waals surface area contributed by atoms with Crippen molar-refractivity contribution in [3.63, 3.8) is 0 Å². The summed E-state index contributed by atoms with van der Waals surface area (Å²) in [6.45, 7) is 0. The molecule has 1 atom stereocenters. The molecule has 1 aromatic carbocycles. The number of rotatable bonds is 3. The fourth-order valence-electron chi connectivity index (χ4n) is 1.72. The van der Waals surface area contributed by atoms with Gasteiger partial charge in [-0.2, -0.15) is 4.98 Å². The molecule has 0 aliphatic heterocycles. The van der Waals surface area contributed by atoms with E-state index in [0.717, 1.165) is 18.4 Å². The Morgan fingerprint density at radius 1 is 1.28 bits per heavy atom. The van der Waals surface area contributed by atoms with Gasteiger partial charge < -0.3 is 10.3 Å². The van der Waals surface area contributed by atoms with Crippen molar-refractivity contribution in [2.45, 2.75) is 24.8 Å². The highest BCUT2D eigenvalue weighted by molar-refractivity contribution is 6.42. The molecule has 0 radical (unpaired) electrons. The summed E-state index contributed by atoms with van der Waals surface area (Å²) in [4.78, 5) is 4.32. The third-order valence-corrected chi connectivity index (χ3v) is 3.70. The molecule has 0 spiro atoms. The summed E-state index contributed by atoms with van der Waals surface area (Å²) in [6.07, 6.45) is 2.23. The molecule has 1 aliphatic carbocycles. The van der Waals surface area contributed by atoms with Gasteiger partial charge in [-0.3, -0.25) is 0 Å². The number of nitrogens with two attached hydrogens (primary N) is 1. The molecule has 18 heavy (non-hydrogen) atoms. The van der Waals surface area contributed by atoms with Gasteiger partial charge in [0, 0.05) is 5.92 Å². The van der Waals surface area contributed by atoms with Gasteiger partial charge in [-0.15, -0.1) is 0 Å². The highest BCUT2D eigenvalue weighted by Crippen LogP contribution is 2.39. The highest BCUT2D eigenvalue weighted by atomic mass is 35.5. The number of halogens is 2. The lowest BCUT2D eigenvalue weighted by molar-refractivity contribution is 0.372. The zero-order valence-corrected chi connectivity index (χ0v) is 10.9. The van der Waals surface area contributed by atoms with Gasteiger partial charge in [-0.25, -0.2) is 0 Å². The van der Waals surface area contributed by atoms with Crippen LogP contribution in [0.2, 0.25) is 10.0 Å². The zero-order valence-electron chi connectivity index (χ0n) is 9.44. The number of hydrogen-bond acceptors (Lipinski definition) is 4. The Morgan fingerprint density at radius 2 is 2.06 bits per heavy atom. The van der Waals surface area contributed by atoms with E-state index in [2.05, 4.69) is 10.1 Å². The minimum Gasteiger partial charge on any atom is -0.339 e. The van der Waals surface area contributed by atoms with E-state index >= 15 is 0 Å². The Balaban J connectivity index is 1.87. The molecule has 6 heteroatoms. The molecule has 94 valence electrons. The summed E-state index contributed by atoms with van der Waals surface area (Å²) in [7, 11) is 0. The molecular formula is C12H11Cl2N3O. The van der Waals surface area contributed by atoms with Crippen LogP contribution in [0.1, 0.15) is 42.1 Å². The molecule has 1 saturated carbocycles. The second-order valence-electron chi connectivity index (χ2n) is 4.42. The number of hydrogen-bond donors (Lipinski definition) is 1. The highest BCUT2D eigenvalue weighted by Gasteiger charge is 2.30. The Bertz CT molecular complexity index is 580. The van der Waals surface area contributed by atoms with E-state index < -0.39 is 6.04 Å². The molecule has 1 aliphatic rings. The molecule has 2 N–H and O–H groups in total. The lowest BCUT2D eigenvalue weighted by atomic mass is 10.1. The van der Waals surface area contributed by atoms with Crippen molar-refractivity contribution in [2.75, 3.05) is 0 Å². The summed E-state index contributed by atoms with van der Waals surface area (Å²) < 4.78 is 5.18. The molecule has 0 saturated heterocycles. The Morgan fingerprint density at radius 3 is 2.72 bits per heavy atom. The van der Waals surface area contributed by atoms with Crippen LogP contribution in [-0.2, 0) is 0 Å². The molecule has 3 rings (SSSR count). The van der Waals surface area contributed by atoms with Crippen LogP contribution in [0.5, 0.6) is 0 Å². The lowest BCUT2D eigenvalue weighted by Gasteiger charge is -2.08. The van der Waals surface area contributed by atoms with E-state index in [-0.39, 0.29) is 0 Å². The first-order chi connectivity index (χ1) is 8.65. The van der Waals surface area contributed by atoms with Crippen molar-refractivity contribution in [1.82, 2.24) is 10.1 Å². The molecule has 1 heterocycles. The molecule has 0 amide bonds. The zero-order chi connectivity index (χ0) is 12.7. The smallest absolute Gasteiger partial charge is 0.229 e. The van der Waals surface area contributed by atoms with Crippen molar-refractivity contribution in [3.8, 4) is 0 Å². The largest absolute Gasteiger partial charge is 0.339 e. The fraction of sp³-hybridized carbons (Fsp3) is 0.333. The van der Waals surface area contributed by atoms with E-state index in [0.29, 0.717) is 27.7 Å². The number of aromatic nitrogens is 2. The molecule has 4 nitrogen and oxygen atoms in total. The van der Waals surface area contributed by atoms with Crippen LogP contribution in [0.15, 0.2) is 22.7 Å². The van der Waals surface area contributed by atoms with Gasteiger partial charge in [0.05, 0.1) is 16.1 Å². The van der Waals surface area contributed by atoms with E-state index in [1.807, 2.05) is 6.07 Å². The average molecular weight is 284 g/mol. The first-order valence-corrected chi connectivity index (χ1v) is 6.45. The van der Waals surface area contributed by atoms with Crippen LogP contribution in [0.25, 0.3) is 0 Å². The van der Waals surface area contributed by atoms with E-state index in [1.165, 1.54) is 0 Å². The van der Waals surface area contributed by atoms with Gasteiger partial charge in [0.25, 0.3) is 0 Å². The second kappa shape index (κ2) is 4.53. The van der Waals surface area contributed by atoms with Crippen LogP contribution in [0.4, 0.5) is 0 Å². The normalized spacial score (nSPS) is 16.8. The Hall–Kier alpha value is -1.10. The van der Waals surface area contributed by atoms with Gasteiger partial charge in [0.1, 0.15) is 0 Å². The van der Waals surface area contributed by atoms with Gasteiger partial charge in [-0.1, -0.05) is 34.4 Å². The van der Waals surface area contributed by atoms with Crippen molar-refractivity contribution in [1.29, 1.82) is 0 Å². The van der Waals surface area contributed by atoms with E-state index in [4.69, 9.17) is 33.5 Å². The Kier molecular flexibility index (Phi) is 3.01. The summed E-state index contributed by atoms with van der Waals surface area (Å²) >= 11 is 11.8. The van der Waals surface area contributed by atoms with Crippen LogP contribution in [0, 0.1) is 0 Å². The maximum atomic E-state index is 6.08. The first kappa shape index (κ1) is 12.0. The van der Waals surface area contributed by atoms with Crippen molar-refractivity contribution >= 4 is 23.2 Å². The minimum absolute atomic E-state index is 0.423. The lowest BCUT2D eigenvalue weighted by Crippen LogP contribution is -2.13. The Labute approximate surface area is 114 Å². The van der Waals surface area contributed by atoms with Crippen molar-refractivity contribution < 1.29 is 4.52 Å². The SMILES string of the molecule is NC(c1ccc(Cl)c(Cl)c1)c1noc(C2CC2)n1. The quantitative estimate of drug-likeness (QED) is 0.939. The molecular weight excluding hydrogens is 273 g/mol. The maximum absolute atomic E-state index is 6.08. The molecule has 1 aromatic heterocycles. The molecule has 1 unspecified atom stereocenters. The minimum atomic E-state index is -0.448. The first-order valence-electron chi connectivity index (χ1n) is 5.69. The van der Waals surface area contributed by atoms with Crippen LogP contribution < -0.4 is 5.73 Å². The molecule has 1 fully saturated rings. The monoisotopic (exact) mass is 283 g/mol. The average Bonchev–Trinajstić information content (AvgIpc) is 3.10. The summed E-state index contributed by atoms with van der Waals surface area (Å²) in [5, 5.41) is 4.89. The van der Waals surface area contributed by atoms with Crippen molar-refractivity contribution in [3.05, 3.63) is 45.5 Å². The molecule has 0 bridgehead atoms. The van der Waals surface area contributed by atoms with Crippen molar-refractivity contribution in [2.24, 2.45) is 5.73 Å². The number of nitrogens with zero attached hydrogens (tertiary/aromatic N) is 2. The van der Waals surface area contributed by atoms with Gasteiger partial charge in [0.15, 0.2) is 5.82 Å². The number of benzene rings is 1. The van der Waals surface area contributed by atoms with Crippen LogP contribution in [0.3, 0.4) is 0 Å². The summed E-state index contributed by atoms with van der Waals surface area (Å²) in [6, 6.07) is 4.80.